The van der Waals surface area contributed by atoms with Gasteiger partial charge in [0, 0.05) is 18.9 Å². The van der Waals surface area contributed by atoms with Crippen LogP contribution in [0.1, 0.15) is 56.6 Å². The number of hydrogen-bond acceptors (Lipinski definition) is 4. The molecular weight excluding hydrogens is 333 g/mol. The van der Waals surface area contributed by atoms with Crippen molar-refractivity contribution in [2.24, 2.45) is 5.92 Å². The van der Waals surface area contributed by atoms with E-state index in [2.05, 4.69) is 23.5 Å². The van der Waals surface area contributed by atoms with E-state index in [-0.39, 0.29) is 23.6 Å². The first-order valence-electron chi connectivity index (χ1n) is 9.53. The molecule has 26 heavy (non-hydrogen) atoms. The van der Waals surface area contributed by atoms with Gasteiger partial charge in [0.1, 0.15) is 5.82 Å². The van der Waals surface area contributed by atoms with Crippen LogP contribution in [0.15, 0.2) is 18.2 Å². The third-order valence-electron chi connectivity index (χ3n) is 5.59. The minimum absolute atomic E-state index is 0.00955. The molecule has 146 valence electrons. The first-order valence-corrected chi connectivity index (χ1v) is 9.53. The third-order valence-corrected chi connectivity index (χ3v) is 5.59. The van der Waals surface area contributed by atoms with Crippen LogP contribution < -0.4 is 0 Å². The molecule has 0 bridgehead atoms. The van der Waals surface area contributed by atoms with Gasteiger partial charge < -0.3 is 14.7 Å². The zero-order valence-electron chi connectivity index (χ0n) is 16.4. The minimum Gasteiger partial charge on any atom is -0.469 e. The summed E-state index contributed by atoms with van der Waals surface area (Å²) >= 11 is 0. The van der Waals surface area contributed by atoms with Gasteiger partial charge in [-0.05, 0) is 68.5 Å². The first-order chi connectivity index (χ1) is 12.3. The molecule has 0 amide bonds. The second-order valence-corrected chi connectivity index (χ2v) is 7.90. The van der Waals surface area contributed by atoms with E-state index >= 15 is 0 Å². The van der Waals surface area contributed by atoms with E-state index < -0.39 is 5.60 Å². The fourth-order valence-corrected chi connectivity index (χ4v) is 4.24. The van der Waals surface area contributed by atoms with Crippen molar-refractivity contribution in [1.82, 2.24) is 4.90 Å². The number of benzene rings is 1. The van der Waals surface area contributed by atoms with Crippen LogP contribution in [0.5, 0.6) is 0 Å². The number of aryl methyl sites for hydroxylation is 1. The van der Waals surface area contributed by atoms with Gasteiger partial charge in [0.15, 0.2) is 0 Å². The van der Waals surface area contributed by atoms with Crippen LogP contribution in [-0.2, 0) is 16.0 Å². The molecule has 0 aromatic heterocycles. The number of esters is 1. The first kappa shape index (κ1) is 20.8. The smallest absolute Gasteiger partial charge is 0.305 e. The van der Waals surface area contributed by atoms with Crippen molar-refractivity contribution in [2.75, 3.05) is 27.2 Å². The molecule has 0 unspecified atom stereocenters. The Balaban J connectivity index is 2.00. The van der Waals surface area contributed by atoms with E-state index in [9.17, 15) is 14.3 Å². The quantitative estimate of drug-likeness (QED) is 0.716. The van der Waals surface area contributed by atoms with Gasteiger partial charge in [-0.25, -0.2) is 4.39 Å². The molecule has 4 nitrogen and oxygen atoms in total. The summed E-state index contributed by atoms with van der Waals surface area (Å²) in [5.41, 5.74) is 1.33. The Morgan fingerprint density at radius 1 is 1.42 bits per heavy atom. The van der Waals surface area contributed by atoms with Crippen molar-refractivity contribution in [3.8, 4) is 0 Å². The highest BCUT2D eigenvalue weighted by atomic mass is 19.1. The van der Waals surface area contributed by atoms with Gasteiger partial charge >= 0.3 is 5.97 Å². The Kier molecular flexibility index (Phi) is 7.18. The second kappa shape index (κ2) is 8.96. The average Bonchev–Trinajstić information content (AvgIpc) is 2.59. The lowest BCUT2D eigenvalue weighted by Gasteiger charge is -2.44. The summed E-state index contributed by atoms with van der Waals surface area (Å²) in [5, 5.41) is 11.4. The van der Waals surface area contributed by atoms with Gasteiger partial charge in [-0.2, -0.15) is 0 Å². The van der Waals surface area contributed by atoms with E-state index in [1.807, 2.05) is 13.1 Å². The largest absolute Gasteiger partial charge is 0.469 e. The Bertz CT molecular complexity index is 619. The highest BCUT2D eigenvalue weighted by molar-refractivity contribution is 5.69. The number of rotatable bonds is 8. The van der Waals surface area contributed by atoms with Gasteiger partial charge in [-0.1, -0.05) is 19.9 Å². The van der Waals surface area contributed by atoms with Crippen LogP contribution in [0.3, 0.4) is 0 Å². The number of carbonyl (C=O) groups excluding carboxylic acids is 1. The van der Waals surface area contributed by atoms with Crippen LogP contribution in [0.4, 0.5) is 4.39 Å². The van der Waals surface area contributed by atoms with Crippen LogP contribution in [0.2, 0.25) is 0 Å². The van der Waals surface area contributed by atoms with E-state index in [0.29, 0.717) is 25.7 Å². The van der Waals surface area contributed by atoms with Gasteiger partial charge in [0.05, 0.1) is 12.7 Å². The molecule has 5 heteroatoms. The fourth-order valence-electron chi connectivity index (χ4n) is 4.24. The summed E-state index contributed by atoms with van der Waals surface area (Å²) in [7, 11) is 3.41. The van der Waals surface area contributed by atoms with Crippen molar-refractivity contribution in [1.29, 1.82) is 0 Å². The van der Waals surface area contributed by atoms with Crippen LogP contribution in [-0.4, -0.2) is 48.8 Å². The third kappa shape index (κ3) is 5.04. The molecule has 0 fully saturated rings. The predicted octanol–water partition coefficient (Wildman–Crippen LogP) is 3.52. The van der Waals surface area contributed by atoms with Gasteiger partial charge in [-0.3, -0.25) is 4.79 Å². The molecule has 0 spiro atoms. The Morgan fingerprint density at radius 2 is 2.15 bits per heavy atom. The Morgan fingerprint density at radius 3 is 2.81 bits per heavy atom. The molecule has 1 aromatic rings. The molecule has 0 aliphatic heterocycles. The number of carbonyl (C=O) groups is 1. The van der Waals surface area contributed by atoms with Crippen molar-refractivity contribution in [3.05, 3.63) is 35.1 Å². The van der Waals surface area contributed by atoms with E-state index in [1.165, 1.54) is 13.2 Å². The molecule has 1 aromatic carbocycles. The second-order valence-electron chi connectivity index (χ2n) is 7.90. The zero-order chi connectivity index (χ0) is 19.3. The number of aliphatic hydroxyl groups is 1. The molecule has 2 atom stereocenters. The molecule has 0 heterocycles. The lowest BCUT2D eigenvalue weighted by molar-refractivity contribution is -0.140. The number of ether oxygens (including phenoxy) is 1. The summed E-state index contributed by atoms with van der Waals surface area (Å²) in [6.45, 7) is 5.79. The van der Waals surface area contributed by atoms with Gasteiger partial charge in [0.2, 0.25) is 0 Å². The molecule has 0 saturated carbocycles. The molecular formula is C21H32FNO3. The highest BCUT2D eigenvalue weighted by Gasteiger charge is 2.43. The molecule has 0 radical (unpaired) electrons. The van der Waals surface area contributed by atoms with Crippen LogP contribution >= 0.6 is 0 Å². The molecule has 1 aliphatic carbocycles. The monoisotopic (exact) mass is 365 g/mol. The Hall–Kier alpha value is -1.46. The summed E-state index contributed by atoms with van der Waals surface area (Å²) in [6, 6.07) is 4.96. The van der Waals surface area contributed by atoms with E-state index in [4.69, 9.17) is 0 Å². The highest BCUT2D eigenvalue weighted by Crippen LogP contribution is 2.45. The number of nitrogens with zero attached hydrogens (tertiary/aromatic N) is 1. The fraction of sp³-hybridized carbons (Fsp3) is 0.667. The maximum absolute atomic E-state index is 13.6. The van der Waals surface area contributed by atoms with E-state index in [1.54, 1.807) is 6.07 Å². The maximum Gasteiger partial charge on any atom is 0.305 e. The maximum atomic E-state index is 13.6. The minimum atomic E-state index is -0.782. The molecule has 1 aliphatic rings. The molecule has 1 N–H and O–H groups in total. The lowest BCUT2D eigenvalue weighted by Crippen LogP contribution is -2.45. The van der Waals surface area contributed by atoms with Crippen LogP contribution in [0.25, 0.3) is 0 Å². The summed E-state index contributed by atoms with van der Waals surface area (Å²) < 4.78 is 18.2. The van der Waals surface area contributed by atoms with Gasteiger partial charge in [-0.15, -0.1) is 0 Å². The molecule has 2 rings (SSSR count). The lowest BCUT2D eigenvalue weighted by atomic mass is 9.66. The average molecular weight is 365 g/mol. The van der Waals surface area contributed by atoms with Gasteiger partial charge in [0.25, 0.3) is 0 Å². The number of halogens is 1. The standard InChI is InChI=1S/C21H32FNO3/c1-15(2)20-18-8-7-17(22)14-16(18)9-10-21(20,25)11-13-23(3)12-5-6-19(24)26-4/h7-8,14-15,20,25H,5-6,9-13H2,1-4H3/t20-,21-/m1/s1. The summed E-state index contributed by atoms with van der Waals surface area (Å²) in [6.07, 6.45) is 3.19. The van der Waals surface area contributed by atoms with Crippen molar-refractivity contribution < 1.29 is 19.0 Å². The predicted molar refractivity (Wildman–Crippen MR) is 101 cm³/mol. The van der Waals surface area contributed by atoms with Crippen LogP contribution in [0, 0.1) is 11.7 Å². The van der Waals surface area contributed by atoms with Crippen molar-refractivity contribution >= 4 is 5.97 Å². The SMILES string of the molecule is COC(=O)CCCN(C)CC[C@]1(O)CCc2cc(F)ccc2[C@H]1C(C)C. The topological polar surface area (TPSA) is 49.8 Å². The Labute approximate surface area is 156 Å². The number of hydrogen-bond donors (Lipinski definition) is 1. The zero-order valence-corrected chi connectivity index (χ0v) is 16.4. The number of methoxy groups -OCH3 is 1. The van der Waals surface area contributed by atoms with Crippen molar-refractivity contribution in [2.45, 2.75) is 57.5 Å². The molecule has 0 saturated heterocycles. The normalized spacial score (nSPS) is 22.5. The van der Waals surface area contributed by atoms with E-state index in [0.717, 1.165) is 30.6 Å². The number of fused-ring (bicyclic) bond motifs is 1. The summed E-state index contributed by atoms with van der Waals surface area (Å²) in [4.78, 5) is 13.4. The van der Waals surface area contributed by atoms with Crippen molar-refractivity contribution in [3.63, 3.8) is 0 Å². The summed E-state index contributed by atoms with van der Waals surface area (Å²) in [5.74, 6) is -0.112.